The Morgan fingerprint density at radius 2 is 1.70 bits per heavy atom. The number of ketones is 2. The van der Waals surface area contributed by atoms with E-state index in [0.717, 1.165) is 5.56 Å². The first-order chi connectivity index (χ1) is 12.7. The molecule has 2 saturated carbocycles. The van der Waals surface area contributed by atoms with Gasteiger partial charge in [0, 0.05) is 12.0 Å². The van der Waals surface area contributed by atoms with Crippen molar-refractivity contribution in [2.75, 3.05) is 20.8 Å². The maximum atomic E-state index is 13.0. The third-order valence-electron chi connectivity index (χ3n) is 7.08. The number of amides is 1. The average Bonchev–Trinajstić information content (AvgIpc) is 2.93. The molecule has 2 bridgehead atoms. The zero-order chi connectivity index (χ0) is 20.0. The van der Waals surface area contributed by atoms with Crippen LogP contribution in [0, 0.1) is 16.2 Å². The van der Waals surface area contributed by atoms with Crippen molar-refractivity contribution in [2.45, 2.75) is 40.0 Å². The molecule has 6 heteroatoms. The minimum absolute atomic E-state index is 0.326. The Morgan fingerprint density at radius 1 is 1.04 bits per heavy atom. The molecule has 0 saturated heterocycles. The number of carbonyl (C=O) groups excluding carboxylic acids is 3. The molecule has 0 radical (unpaired) electrons. The van der Waals surface area contributed by atoms with Crippen LogP contribution in [0.1, 0.15) is 39.2 Å². The minimum atomic E-state index is -1.24. The largest absolute Gasteiger partial charge is 0.493 e. The van der Waals surface area contributed by atoms with Crippen LogP contribution in [0.2, 0.25) is 0 Å². The minimum Gasteiger partial charge on any atom is -0.493 e. The smallest absolute Gasteiger partial charge is 0.234 e. The maximum absolute atomic E-state index is 13.0. The first-order valence-corrected chi connectivity index (χ1v) is 9.24. The van der Waals surface area contributed by atoms with E-state index < -0.39 is 27.8 Å². The standard InChI is InChI=1S/C21H27NO5/c1-19(2)20(3)9-10-21(19,17(24)16(20)23)18(25)22-11-8-13-6-7-14(26-4)15(12-13)27-5/h6-7,12H,8-11H2,1-5H3,(H,22,25)/t20-,21+/m1/s1. The molecule has 2 aliphatic carbocycles. The molecule has 0 aromatic heterocycles. The Kier molecular flexibility index (Phi) is 4.57. The molecule has 1 amide bonds. The van der Waals surface area contributed by atoms with Gasteiger partial charge >= 0.3 is 0 Å². The van der Waals surface area contributed by atoms with Gasteiger partial charge < -0.3 is 14.8 Å². The first-order valence-electron chi connectivity index (χ1n) is 9.24. The van der Waals surface area contributed by atoms with Gasteiger partial charge in [-0.05, 0) is 42.4 Å². The summed E-state index contributed by atoms with van der Waals surface area (Å²) in [5, 5.41) is 2.90. The second-order valence-corrected chi connectivity index (χ2v) is 8.22. The molecule has 27 heavy (non-hydrogen) atoms. The predicted octanol–water partition coefficient (Wildman–Crippen LogP) is 2.33. The Labute approximate surface area is 159 Å². The molecule has 0 spiro atoms. The average molecular weight is 373 g/mol. The lowest BCUT2D eigenvalue weighted by Gasteiger charge is -2.37. The van der Waals surface area contributed by atoms with Gasteiger partial charge in [0.05, 0.1) is 14.2 Å². The summed E-state index contributed by atoms with van der Waals surface area (Å²) in [5.74, 6) is 0.0293. The summed E-state index contributed by atoms with van der Waals surface area (Å²) in [6.45, 7) is 5.94. The van der Waals surface area contributed by atoms with E-state index in [1.807, 2.05) is 39.0 Å². The van der Waals surface area contributed by atoms with Gasteiger partial charge in [0.1, 0.15) is 5.41 Å². The fourth-order valence-electron chi connectivity index (χ4n) is 4.78. The van der Waals surface area contributed by atoms with Gasteiger partial charge in [-0.1, -0.05) is 26.8 Å². The zero-order valence-electron chi connectivity index (χ0n) is 16.6. The molecular formula is C21H27NO5. The molecule has 0 heterocycles. The van der Waals surface area contributed by atoms with E-state index in [1.165, 1.54) is 0 Å². The molecule has 6 nitrogen and oxygen atoms in total. The van der Waals surface area contributed by atoms with Crippen molar-refractivity contribution < 1.29 is 23.9 Å². The van der Waals surface area contributed by atoms with Gasteiger partial charge in [0.15, 0.2) is 11.5 Å². The monoisotopic (exact) mass is 373 g/mol. The summed E-state index contributed by atoms with van der Waals surface area (Å²) < 4.78 is 10.5. The summed E-state index contributed by atoms with van der Waals surface area (Å²) in [4.78, 5) is 38.2. The lowest BCUT2D eigenvalue weighted by Crippen LogP contribution is -2.51. The summed E-state index contributed by atoms with van der Waals surface area (Å²) >= 11 is 0. The Bertz CT molecular complexity index is 815. The van der Waals surface area contributed by atoms with Crippen LogP contribution in [0.25, 0.3) is 0 Å². The van der Waals surface area contributed by atoms with E-state index in [9.17, 15) is 14.4 Å². The topological polar surface area (TPSA) is 81.7 Å². The molecular weight excluding hydrogens is 346 g/mol. The van der Waals surface area contributed by atoms with Gasteiger partial charge in [-0.3, -0.25) is 14.4 Å². The van der Waals surface area contributed by atoms with E-state index in [-0.39, 0.29) is 5.91 Å². The third kappa shape index (κ3) is 2.42. The highest BCUT2D eigenvalue weighted by atomic mass is 16.5. The fraction of sp³-hybridized carbons (Fsp3) is 0.571. The van der Waals surface area contributed by atoms with Crippen LogP contribution < -0.4 is 14.8 Å². The van der Waals surface area contributed by atoms with Gasteiger partial charge in [0.25, 0.3) is 0 Å². The number of Topliss-reactive ketones (excluding diaryl/α,β-unsaturated/α-hetero) is 2. The zero-order valence-corrected chi connectivity index (χ0v) is 16.6. The lowest BCUT2D eigenvalue weighted by atomic mass is 9.64. The lowest BCUT2D eigenvalue weighted by molar-refractivity contribution is -0.149. The first kappa shape index (κ1) is 19.4. The van der Waals surface area contributed by atoms with E-state index in [1.54, 1.807) is 14.2 Å². The number of fused-ring (bicyclic) bond motifs is 2. The molecule has 0 aliphatic heterocycles. The van der Waals surface area contributed by atoms with Crippen LogP contribution in [-0.4, -0.2) is 38.2 Å². The van der Waals surface area contributed by atoms with E-state index >= 15 is 0 Å². The predicted molar refractivity (Wildman–Crippen MR) is 99.8 cm³/mol. The van der Waals surface area contributed by atoms with Crippen molar-refractivity contribution in [3.05, 3.63) is 23.8 Å². The number of benzene rings is 1. The molecule has 146 valence electrons. The van der Waals surface area contributed by atoms with Crippen LogP contribution in [-0.2, 0) is 20.8 Å². The highest BCUT2D eigenvalue weighted by Crippen LogP contribution is 2.68. The number of hydrogen-bond acceptors (Lipinski definition) is 5. The molecule has 1 aromatic rings. The maximum Gasteiger partial charge on any atom is 0.234 e. The number of carbonyl (C=O) groups is 3. The quantitative estimate of drug-likeness (QED) is 0.611. The molecule has 1 N–H and O–H groups in total. The number of methoxy groups -OCH3 is 2. The van der Waals surface area contributed by atoms with Gasteiger partial charge in [-0.15, -0.1) is 0 Å². The van der Waals surface area contributed by atoms with Crippen molar-refractivity contribution in [1.82, 2.24) is 5.32 Å². The van der Waals surface area contributed by atoms with Gasteiger partial charge in [0.2, 0.25) is 17.5 Å². The van der Waals surface area contributed by atoms with Crippen molar-refractivity contribution in [3.8, 4) is 11.5 Å². The number of rotatable bonds is 6. The number of hydrogen-bond donors (Lipinski definition) is 1. The van der Waals surface area contributed by atoms with Gasteiger partial charge in [-0.2, -0.15) is 0 Å². The van der Waals surface area contributed by atoms with Crippen LogP contribution in [0.5, 0.6) is 11.5 Å². The molecule has 2 atom stereocenters. The summed E-state index contributed by atoms with van der Waals surface area (Å²) in [6.07, 6.45) is 1.60. The normalized spacial score (nSPS) is 28.3. The van der Waals surface area contributed by atoms with Crippen LogP contribution in [0.4, 0.5) is 0 Å². The van der Waals surface area contributed by atoms with Crippen LogP contribution in [0.3, 0.4) is 0 Å². The van der Waals surface area contributed by atoms with Crippen molar-refractivity contribution in [1.29, 1.82) is 0 Å². The highest BCUT2D eigenvalue weighted by Gasteiger charge is 2.77. The summed E-state index contributed by atoms with van der Waals surface area (Å²) in [7, 11) is 3.15. The highest BCUT2D eigenvalue weighted by molar-refractivity contribution is 6.48. The Hall–Kier alpha value is -2.37. The molecule has 2 aliphatic rings. The van der Waals surface area contributed by atoms with E-state index in [2.05, 4.69) is 5.32 Å². The molecule has 1 aromatic carbocycles. The fourth-order valence-corrected chi connectivity index (χ4v) is 4.78. The van der Waals surface area contributed by atoms with E-state index in [4.69, 9.17) is 9.47 Å². The number of ether oxygens (including phenoxy) is 2. The molecule has 3 rings (SSSR count). The Morgan fingerprint density at radius 3 is 2.26 bits per heavy atom. The second kappa shape index (κ2) is 6.36. The van der Waals surface area contributed by atoms with Crippen molar-refractivity contribution in [3.63, 3.8) is 0 Å². The Balaban J connectivity index is 1.72. The third-order valence-corrected chi connectivity index (χ3v) is 7.08. The molecule has 0 unspecified atom stereocenters. The number of nitrogens with one attached hydrogen (secondary N) is 1. The van der Waals surface area contributed by atoms with Crippen molar-refractivity contribution in [2.24, 2.45) is 16.2 Å². The van der Waals surface area contributed by atoms with Crippen LogP contribution in [0.15, 0.2) is 18.2 Å². The van der Waals surface area contributed by atoms with Gasteiger partial charge in [-0.25, -0.2) is 0 Å². The SMILES string of the molecule is COc1ccc(CCNC(=O)[C@]23CC[C@](C)(C(=O)C2=O)C3(C)C)cc1OC. The van der Waals surface area contributed by atoms with E-state index in [0.29, 0.717) is 37.3 Å². The van der Waals surface area contributed by atoms with Crippen molar-refractivity contribution >= 4 is 17.5 Å². The summed E-state index contributed by atoms with van der Waals surface area (Å²) in [6, 6.07) is 5.59. The van der Waals surface area contributed by atoms with Crippen LogP contribution >= 0.6 is 0 Å². The second-order valence-electron chi connectivity index (χ2n) is 8.22. The summed E-state index contributed by atoms with van der Waals surface area (Å²) in [5.41, 5.74) is -1.68. The molecule has 2 fully saturated rings.